The summed E-state index contributed by atoms with van der Waals surface area (Å²) in [6, 6.07) is -0.637. The summed E-state index contributed by atoms with van der Waals surface area (Å²) in [5.41, 5.74) is 0. The van der Waals surface area contributed by atoms with Crippen molar-refractivity contribution in [1.29, 1.82) is 0 Å². The highest BCUT2D eigenvalue weighted by molar-refractivity contribution is 5.76. The zero-order valence-electron chi connectivity index (χ0n) is 37.1. The Morgan fingerprint density at radius 2 is 0.839 bits per heavy atom. The monoisotopic (exact) mass is 788 g/mol. The van der Waals surface area contributed by atoms with Crippen LogP contribution >= 0.6 is 0 Å². The molecule has 0 saturated carbocycles. The van der Waals surface area contributed by atoms with Crippen LogP contribution in [0, 0.1) is 0 Å². The lowest BCUT2D eigenvalue weighted by Crippen LogP contribution is -2.45. The molecule has 0 aromatic carbocycles. The van der Waals surface area contributed by atoms with E-state index < -0.39 is 12.1 Å². The average Bonchev–Trinajstić information content (AvgIpc) is 3.20. The van der Waals surface area contributed by atoms with E-state index in [1.54, 1.807) is 6.08 Å². The molecule has 56 heavy (non-hydrogen) atoms. The van der Waals surface area contributed by atoms with Gasteiger partial charge in [-0.1, -0.05) is 185 Å². The molecule has 0 aliphatic heterocycles. The molecule has 6 heteroatoms. The lowest BCUT2D eigenvalue weighted by molar-refractivity contribution is -0.143. The Kier molecular flexibility index (Phi) is 44.2. The van der Waals surface area contributed by atoms with Gasteiger partial charge < -0.3 is 20.3 Å². The fourth-order valence-electron chi connectivity index (χ4n) is 7.09. The number of nitrogens with one attached hydrogen (secondary N) is 1. The average molecular weight is 788 g/mol. The molecule has 2 unspecified atom stereocenters. The third-order valence-electron chi connectivity index (χ3n) is 10.9. The van der Waals surface area contributed by atoms with Crippen molar-refractivity contribution in [2.24, 2.45) is 0 Å². The molecule has 0 aliphatic carbocycles. The highest BCUT2D eigenvalue weighted by Gasteiger charge is 2.18. The Hall–Kier alpha value is -1.92. The minimum atomic E-state index is -0.852. The first-order valence-corrected chi connectivity index (χ1v) is 24.3. The summed E-state index contributed by atoms with van der Waals surface area (Å²) >= 11 is 0. The number of amides is 1. The molecule has 0 spiro atoms. The number of aliphatic hydroxyl groups is 2. The van der Waals surface area contributed by atoms with Crippen LogP contribution in [0.15, 0.2) is 36.5 Å². The number of hydrogen-bond acceptors (Lipinski definition) is 5. The van der Waals surface area contributed by atoms with E-state index in [1.807, 2.05) is 6.08 Å². The van der Waals surface area contributed by atoms with Gasteiger partial charge in [-0.25, -0.2) is 0 Å². The molecule has 0 aliphatic rings. The minimum absolute atomic E-state index is 0.0204. The molecule has 328 valence electrons. The molecule has 0 bridgehead atoms. The predicted molar refractivity (Wildman–Crippen MR) is 241 cm³/mol. The molecule has 0 saturated heterocycles. The third kappa shape index (κ3) is 41.7. The SMILES string of the molecule is CCCCCCCC/C=C\CCCCCCCC(=O)OCCCCCC/C=C\CCCCCCCCCC(=O)NC(CO)C(O)/C=C/CCCCCCCCC. The molecule has 3 N–H and O–H groups in total. The van der Waals surface area contributed by atoms with Gasteiger partial charge in [-0.05, 0) is 83.5 Å². The number of aliphatic hydroxyl groups excluding tert-OH is 2. The predicted octanol–water partition coefficient (Wildman–Crippen LogP) is 14.1. The fourth-order valence-corrected chi connectivity index (χ4v) is 7.09. The maximum absolute atomic E-state index is 12.3. The second kappa shape index (κ2) is 45.8. The highest BCUT2D eigenvalue weighted by atomic mass is 16.5. The van der Waals surface area contributed by atoms with E-state index in [-0.39, 0.29) is 18.5 Å². The van der Waals surface area contributed by atoms with Crippen LogP contribution < -0.4 is 5.32 Å². The van der Waals surface area contributed by atoms with Crippen LogP contribution in [0.5, 0.6) is 0 Å². The van der Waals surface area contributed by atoms with Crippen LogP contribution in [0.25, 0.3) is 0 Å². The first kappa shape index (κ1) is 54.1. The van der Waals surface area contributed by atoms with E-state index in [0.29, 0.717) is 19.4 Å². The van der Waals surface area contributed by atoms with Gasteiger partial charge in [-0.2, -0.15) is 0 Å². The van der Waals surface area contributed by atoms with E-state index in [1.165, 1.54) is 148 Å². The summed E-state index contributed by atoms with van der Waals surface area (Å²) in [5.74, 6) is -0.108. The van der Waals surface area contributed by atoms with Gasteiger partial charge in [0.2, 0.25) is 5.91 Å². The number of ether oxygens (including phenoxy) is 1. The number of rotatable bonds is 44. The number of esters is 1. The molecule has 2 atom stereocenters. The molecule has 0 fully saturated rings. The van der Waals surface area contributed by atoms with Gasteiger partial charge in [0.25, 0.3) is 0 Å². The van der Waals surface area contributed by atoms with Crippen molar-refractivity contribution in [1.82, 2.24) is 5.32 Å². The zero-order chi connectivity index (χ0) is 40.8. The van der Waals surface area contributed by atoms with Gasteiger partial charge in [-0.15, -0.1) is 0 Å². The van der Waals surface area contributed by atoms with Crippen molar-refractivity contribution in [2.75, 3.05) is 13.2 Å². The lowest BCUT2D eigenvalue weighted by Gasteiger charge is -2.20. The summed E-state index contributed by atoms with van der Waals surface area (Å²) in [4.78, 5) is 24.4. The smallest absolute Gasteiger partial charge is 0.305 e. The topological polar surface area (TPSA) is 95.9 Å². The third-order valence-corrected chi connectivity index (χ3v) is 10.9. The van der Waals surface area contributed by atoms with Crippen LogP contribution in [0.2, 0.25) is 0 Å². The molecule has 0 aromatic heterocycles. The number of unbranched alkanes of at least 4 members (excludes halogenated alkanes) is 29. The quantitative estimate of drug-likeness (QED) is 0.0325. The maximum atomic E-state index is 12.3. The van der Waals surface area contributed by atoms with E-state index in [0.717, 1.165) is 70.6 Å². The van der Waals surface area contributed by atoms with Gasteiger partial charge in [0.15, 0.2) is 0 Å². The standard InChI is InChI=1S/C50H93NO5/c1-3-5-7-9-11-13-14-15-17-21-24-28-32-36-40-44-50(55)56-45-41-37-33-29-25-22-19-16-18-20-23-27-31-35-39-43-49(54)51-47(46-52)48(53)42-38-34-30-26-12-10-8-6-4-2/h15,17,19,22,38,42,47-48,52-53H,3-14,16,18,20-21,23-37,39-41,43-46H2,1-2H3,(H,51,54)/b17-15-,22-19-,42-38+. The molecule has 0 radical (unpaired) electrons. The number of hydrogen-bond donors (Lipinski definition) is 3. The van der Waals surface area contributed by atoms with Crippen LogP contribution in [-0.4, -0.2) is 47.4 Å². The fraction of sp³-hybridized carbons (Fsp3) is 0.840. The van der Waals surface area contributed by atoms with Crippen LogP contribution in [-0.2, 0) is 14.3 Å². The Labute approximate surface area is 347 Å². The second-order valence-corrected chi connectivity index (χ2v) is 16.4. The summed E-state index contributed by atoms with van der Waals surface area (Å²) in [5, 5.41) is 22.9. The van der Waals surface area contributed by atoms with Crippen molar-refractivity contribution < 1.29 is 24.5 Å². The molecular formula is C50H93NO5. The summed E-state index contributed by atoms with van der Waals surface area (Å²) < 4.78 is 5.44. The van der Waals surface area contributed by atoms with E-state index >= 15 is 0 Å². The molecule has 0 aromatic rings. The Morgan fingerprint density at radius 3 is 1.27 bits per heavy atom. The first-order valence-electron chi connectivity index (χ1n) is 24.3. The van der Waals surface area contributed by atoms with Crippen molar-refractivity contribution in [2.45, 2.75) is 257 Å². The van der Waals surface area contributed by atoms with Crippen LogP contribution in [0.1, 0.15) is 245 Å². The van der Waals surface area contributed by atoms with Gasteiger partial charge in [0, 0.05) is 12.8 Å². The Bertz CT molecular complexity index is 915. The Balaban J connectivity index is 3.49. The van der Waals surface area contributed by atoms with E-state index in [2.05, 4.69) is 43.5 Å². The molecule has 1 amide bonds. The highest BCUT2D eigenvalue weighted by Crippen LogP contribution is 2.14. The van der Waals surface area contributed by atoms with Crippen molar-refractivity contribution in [3.05, 3.63) is 36.5 Å². The summed E-state index contributed by atoms with van der Waals surface area (Å²) in [7, 11) is 0. The first-order chi connectivity index (χ1) is 27.5. The van der Waals surface area contributed by atoms with Gasteiger partial charge in [0.05, 0.1) is 25.4 Å². The van der Waals surface area contributed by atoms with Crippen molar-refractivity contribution >= 4 is 11.9 Å². The summed E-state index contributed by atoms with van der Waals surface area (Å²) in [6.45, 7) is 4.81. The zero-order valence-corrected chi connectivity index (χ0v) is 37.1. The van der Waals surface area contributed by atoms with Crippen LogP contribution in [0.3, 0.4) is 0 Å². The molecule has 0 heterocycles. The van der Waals surface area contributed by atoms with Gasteiger partial charge in [-0.3, -0.25) is 9.59 Å². The van der Waals surface area contributed by atoms with E-state index in [4.69, 9.17) is 4.74 Å². The molecular weight excluding hydrogens is 695 g/mol. The number of carbonyl (C=O) groups excluding carboxylic acids is 2. The number of allylic oxidation sites excluding steroid dienone is 5. The van der Waals surface area contributed by atoms with Gasteiger partial charge in [0.1, 0.15) is 0 Å². The number of carbonyl (C=O) groups is 2. The largest absolute Gasteiger partial charge is 0.466 e. The maximum Gasteiger partial charge on any atom is 0.305 e. The lowest BCUT2D eigenvalue weighted by atomic mass is 10.1. The molecule has 6 nitrogen and oxygen atoms in total. The Morgan fingerprint density at radius 1 is 0.482 bits per heavy atom. The molecule has 0 rings (SSSR count). The second-order valence-electron chi connectivity index (χ2n) is 16.4. The van der Waals surface area contributed by atoms with Crippen molar-refractivity contribution in [3.8, 4) is 0 Å². The van der Waals surface area contributed by atoms with Crippen molar-refractivity contribution in [3.63, 3.8) is 0 Å². The van der Waals surface area contributed by atoms with Gasteiger partial charge >= 0.3 is 5.97 Å². The van der Waals surface area contributed by atoms with E-state index in [9.17, 15) is 19.8 Å². The normalized spacial score (nSPS) is 13.0. The summed E-state index contributed by atoms with van der Waals surface area (Å²) in [6.07, 6.45) is 54.3. The minimum Gasteiger partial charge on any atom is -0.466 e. The van der Waals surface area contributed by atoms with Crippen LogP contribution in [0.4, 0.5) is 0 Å².